The second-order valence-corrected chi connectivity index (χ2v) is 5.07. The topological polar surface area (TPSA) is 67.6 Å². The van der Waals surface area contributed by atoms with Crippen LogP contribution in [0.4, 0.5) is 0 Å². The van der Waals surface area contributed by atoms with Crippen molar-refractivity contribution in [2.24, 2.45) is 0 Å². The highest BCUT2D eigenvalue weighted by Crippen LogP contribution is 2.05. The first kappa shape index (κ1) is 15.0. The van der Waals surface area contributed by atoms with Crippen LogP contribution in [0.15, 0.2) is 10.7 Å². The summed E-state index contributed by atoms with van der Waals surface area (Å²) in [5, 5.41) is 6.49. The third-order valence-electron chi connectivity index (χ3n) is 3.54. The molecule has 2 rings (SSSR count). The van der Waals surface area contributed by atoms with Crippen molar-refractivity contribution in [3.05, 3.63) is 17.5 Å². The molecule has 6 nitrogen and oxygen atoms in total. The molecule has 0 saturated carbocycles. The Labute approximate surface area is 119 Å². The number of aryl methyl sites for hydroxylation is 1. The number of rotatable bonds is 7. The molecule has 20 heavy (non-hydrogen) atoms. The first-order valence-electron chi connectivity index (χ1n) is 7.27. The van der Waals surface area contributed by atoms with E-state index in [1.807, 2.05) is 0 Å². The number of amides is 1. The van der Waals surface area contributed by atoms with Gasteiger partial charge in [0.25, 0.3) is 5.91 Å². The summed E-state index contributed by atoms with van der Waals surface area (Å²) in [4.78, 5) is 14.2. The molecule has 6 heteroatoms. The van der Waals surface area contributed by atoms with Crippen LogP contribution in [-0.2, 0) is 4.74 Å². The molecule has 1 aliphatic rings. The zero-order valence-electron chi connectivity index (χ0n) is 12.1. The predicted molar refractivity (Wildman–Crippen MR) is 74.7 cm³/mol. The van der Waals surface area contributed by atoms with E-state index in [4.69, 9.17) is 9.26 Å². The van der Waals surface area contributed by atoms with Crippen LogP contribution < -0.4 is 5.32 Å². The van der Waals surface area contributed by atoms with Crippen LogP contribution in [0, 0.1) is 6.92 Å². The standard InChI is InChI=1S/C14H23N3O3/c1-12-13(11-16-20-12)14(18)15-5-3-2-4-6-17-7-9-19-10-8-17/h11H,2-10H2,1H3,(H,15,18). The molecule has 1 N–H and O–H groups in total. The van der Waals surface area contributed by atoms with Crippen LogP contribution >= 0.6 is 0 Å². The number of hydrogen-bond acceptors (Lipinski definition) is 5. The summed E-state index contributed by atoms with van der Waals surface area (Å²) in [7, 11) is 0. The van der Waals surface area contributed by atoms with Crippen LogP contribution in [0.25, 0.3) is 0 Å². The fraction of sp³-hybridized carbons (Fsp3) is 0.714. The second kappa shape index (κ2) is 8.01. The van der Waals surface area contributed by atoms with E-state index in [1.165, 1.54) is 12.6 Å². The van der Waals surface area contributed by atoms with E-state index >= 15 is 0 Å². The van der Waals surface area contributed by atoms with Crippen molar-refractivity contribution < 1.29 is 14.1 Å². The van der Waals surface area contributed by atoms with Crippen LogP contribution in [0.3, 0.4) is 0 Å². The summed E-state index contributed by atoms with van der Waals surface area (Å²) in [5.74, 6) is 0.465. The van der Waals surface area contributed by atoms with E-state index in [9.17, 15) is 4.79 Å². The Kier molecular flexibility index (Phi) is 6.01. The van der Waals surface area contributed by atoms with Crippen molar-refractivity contribution in [3.63, 3.8) is 0 Å². The van der Waals surface area contributed by atoms with Gasteiger partial charge < -0.3 is 14.6 Å². The first-order chi connectivity index (χ1) is 9.77. The van der Waals surface area contributed by atoms with Crippen molar-refractivity contribution >= 4 is 5.91 Å². The van der Waals surface area contributed by atoms with Gasteiger partial charge in [-0.25, -0.2) is 0 Å². The summed E-state index contributed by atoms with van der Waals surface area (Å²) in [5.41, 5.74) is 0.526. The molecule has 0 spiro atoms. The summed E-state index contributed by atoms with van der Waals surface area (Å²) < 4.78 is 10.2. The number of aromatic nitrogens is 1. The molecule has 1 aliphatic heterocycles. The minimum atomic E-state index is -0.100. The highest BCUT2D eigenvalue weighted by molar-refractivity contribution is 5.94. The lowest BCUT2D eigenvalue weighted by Crippen LogP contribution is -2.36. The molecule has 1 saturated heterocycles. The number of morpholine rings is 1. The average Bonchev–Trinajstić information content (AvgIpc) is 2.90. The van der Waals surface area contributed by atoms with Gasteiger partial charge >= 0.3 is 0 Å². The average molecular weight is 281 g/mol. The van der Waals surface area contributed by atoms with Crippen molar-refractivity contribution in [1.82, 2.24) is 15.4 Å². The predicted octanol–water partition coefficient (Wildman–Crippen LogP) is 1.22. The third kappa shape index (κ3) is 4.61. The number of unbranched alkanes of at least 4 members (excludes halogenated alkanes) is 2. The highest BCUT2D eigenvalue weighted by Gasteiger charge is 2.12. The van der Waals surface area contributed by atoms with Crippen LogP contribution in [0.2, 0.25) is 0 Å². The van der Waals surface area contributed by atoms with E-state index in [0.29, 0.717) is 17.9 Å². The Morgan fingerprint density at radius 3 is 2.85 bits per heavy atom. The number of nitrogens with zero attached hydrogens (tertiary/aromatic N) is 2. The van der Waals surface area contributed by atoms with E-state index in [0.717, 1.165) is 45.7 Å². The van der Waals surface area contributed by atoms with Gasteiger partial charge in [0, 0.05) is 19.6 Å². The van der Waals surface area contributed by atoms with Crippen LogP contribution in [0.5, 0.6) is 0 Å². The molecule has 1 aromatic rings. The number of hydrogen-bond donors (Lipinski definition) is 1. The lowest BCUT2D eigenvalue weighted by molar-refractivity contribution is 0.0371. The van der Waals surface area contributed by atoms with Crippen molar-refractivity contribution in [2.45, 2.75) is 26.2 Å². The van der Waals surface area contributed by atoms with E-state index in [1.54, 1.807) is 6.92 Å². The van der Waals surface area contributed by atoms with Gasteiger partial charge in [0.05, 0.1) is 19.4 Å². The fourth-order valence-corrected chi connectivity index (χ4v) is 2.28. The maximum absolute atomic E-state index is 11.8. The van der Waals surface area contributed by atoms with E-state index < -0.39 is 0 Å². The Hall–Kier alpha value is -1.40. The Morgan fingerprint density at radius 1 is 1.35 bits per heavy atom. The maximum Gasteiger partial charge on any atom is 0.256 e. The Balaban J connectivity index is 1.51. The molecule has 112 valence electrons. The van der Waals surface area contributed by atoms with E-state index in [-0.39, 0.29) is 5.91 Å². The zero-order valence-corrected chi connectivity index (χ0v) is 12.1. The summed E-state index contributed by atoms with van der Waals surface area (Å²) in [6, 6.07) is 0. The molecule has 0 aliphatic carbocycles. The van der Waals surface area contributed by atoms with Gasteiger partial charge in [-0.1, -0.05) is 11.6 Å². The molecule has 1 amide bonds. The molecule has 0 atom stereocenters. The molecule has 0 unspecified atom stereocenters. The minimum absolute atomic E-state index is 0.100. The monoisotopic (exact) mass is 281 g/mol. The van der Waals surface area contributed by atoms with Gasteiger partial charge in [-0.3, -0.25) is 9.69 Å². The molecule has 2 heterocycles. The molecular weight excluding hydrogens is 258 g/mol. The number of carbonyl (C=O) groups excluding carboxylic acids is 1. The number of carbonyl (C=O) groups is 1. The number of ether oxygens (including phenoxy) is 1. The lowest BCUT2D eigenvalue weighted by Gasteiger charge is -2.26. The molecule has 1 fully saturated rings. The first-order valence-corrected chi connectivity index (χ1v) is 7.27. The lowest BCUT2D eigenvalue weighted by atomic mass is 10.2. The molecule has 0 aromatic carbocycles. The molecule has 1 aromatic heterocycles. The third-order valence-corrected chi connectivity index (χ3v) is 3.54. The van der Waals surface area contributed by atoms with Crippen LogP contribution in [0.1, 0.15) is 35.4 Å². The smallest absolute Gasteiger partial charge is 0.256 e. The Bertz CT molecular complexity index is 414. The normalized spacial score (nSPS) is 16.2. The molecular formula is C14H23N3O3. The largest absolute Gasteiger partial charge is 0.379 e. The van der Waals surface area contributed by atoms with Crippen molar-refractivity contribution in [3.8, 4) is 0 Å². The van der Waals surface area contributed by atoms with Gasteiger partial charge in [-0.15, -0.1) is 0 Å². The number of nitrogens with one attached hydrogen (secondary N) is 1. The Morgan fingerprint density at radius 2 is 2.15 bits per heavy atom. The van der Waals surface area contributed by atoms with Gasteiger partial charge in [0.2, 0.25) is 0 Å². The molecule has 0 radical (unpaired) electrons. The van der Waals surface area contributed by atoms with Gasteiger partial charge in [-0.2, -0.15) is 0 Å². The quantitative estimate of drug-likeness (QED) is 0.761. The summed E-state index contributed by atoms with van der Waals surface area (Å²) in [6.07, 6.45) is 4.76. The minimum Gasteiger partial charge on any atom is -0.379 e. The van der Waals surface area contributed by atoms with Gasteiger partial charge in [0.1, 0.15) is 11.3 Å². The molecule has 0 bridgehead atoms. The zero-order chi connectivity index (χ0) is 14.2. The van der Waals surface area contributed by atoms with E-state index in [2.05, 4.69) is 15.4 Å². The second-order valence-electron chi connectivity index (χ2n) is 5.07. The van der Waals surface area contributed by atoms with Gasteiger partial charge in [0.15, 0.2) is 0 Å². The fourth-order valence-electron chi connectivity index (χ4n) is 2.28. The van der Waals surface area contributed by atoms with Crippen LogP contribution in [-0.4, -0.2) is 55.4 Å². The summed E-state index contributed by atoms with van der Waals surface area (Å²) >= 11 is 0. The summed E-state index contributed by atoms with van der Waals surface area (Å²) in [6.45, 7) is 7.37. The SMILES string of the molecule is Cc1oncc1C(=O)NCCCCCN1CCOCC1. The maximum atomic E-state index is 11.8. The highest BCUT2D eigenvalue weighted by atomic mass is 16.5. The van der Waals surface area contributed by atoms with Crippen molar-refractivity contribution in [1.29, 1.82) is 0 Å². The van der Waals surface area contributed by atoms with Crippen molar-refractivity contribution in [2.75, 3.05) is 39.4 Å². The van der Waals surface area contributed by atoms with Gasteiger partial charge in [-0.05, 0) is 26.3 Å².